The second kappa shape index (κ2) is 8.16. The largest absolute Gasteiger partial charge is 0.497 e. The van der Waals surface area contributed by atoms with Crippen molar-refractivity contribution < 1.29 is 19.1 Å². The number of rotatable bonds is 7. The average molecular weight is 280 g/mol. The lowest BCUT2D eigenvalue weighted by Crippen LogP contribution is -2.31. The Bertz CT molecular complexity index is 445. The SMILES string of the molecule is COC(=O)CCN(C)CC(=O)Nc1ccc(OC)cc1. The molecule has 0 aliphatic rings. The molecule has 0 aromatic heterocycles. The number of carbonyl (C=O) groups is 2. The molecule has 0 aliphatic heterocycles. The molecule has 0 bridgehead atoms. The van der Waals surface area contributed by atoms with Gasteiger partial charge in [0.15, 0.2) is 0 Å². The predicted molar refractivity (Wildman–Crippen MR) is 75.8 cm³/mol. The number of likely N-dealkylation sites (N-methyl/N-ethyl adjacent to an activating group) is 1. The summed E-state index contributed by atoms with van der Waals surface area (Å²) in [6.45, 7) is 0.686. The first-order valence-electron chi connectivity index (χ1n) is 6.24. The lowest BCUT2D eigenvalue weighted by molar-refractivity contribution is -0.141. The van der Waals surface area contributed by atoms with Crippen molar-refractivity contribution in [2.75, 3.05) is 39.7 Å². The van der Waals surface area contributed by atoms with Gasteiger partial charge in [0.2, 0.25) is 5.91 Å². The van der Waals surface area contributed by atoms with Crippen LogP contribution in [0, 0.1) is 0 Å². The third-order valence-corrected chi connectivity index (χ3v) is 2.71. The van der Waals surface area contributed by atoms with Gasteiger partial charge in [-0.3, -0.25) is 14.5 Å². The fourth-order valence-electron chi connectivity index (χ4n) is 1.58. The minimum absolute atomic E-state index is 0.137. The summed E-state index contributed by atoms with van der Waals surface area (Å²) in [4.78, 5) is 24.5. The Hall–Kier alpha value is -2.08. The van der Waals surface area contributed by atoms with Gasteiger partial charge in [0.25, 0.3) is 0 Å². The molecule has 0 saturated heterocycles. The van der Waals surface area contributed by atoms with Crippen LogP contribution in [0.2, 0.25) is 0 Å². The van der Waals surface area contributed by atoms with Gasteiger partial charge in [0.05, 0.1) is 27.2 Å². The van der Waals surface area contributed by atoms with Gasteiger partial charge in [-0.15, -0.1) is 0 Å². The highest BCUT2D eigenvalue weighted by Gasteiger charge is 2.09. The Kier molecular flexibility index (Phi) is 6.52. The number of anilines is 1. The molecule has 0 radical (unpaired) electrons. The Balaban J connectivity index is 2.36. The number of carbonyl (C=O) groups excluding carboxylic acids is 2. The number of methoxy groups -OCH3 is 2. The second-order valence-electron chi connectivity index (χ2n) is 4.34. The lowest BCUT2D eigenvalue weighted by Gasteiger charge is -2.15. The molecular formula is C14H20N2O4. The van der Waals surface area contributed by atoms with E-state index in [9.17, 15) is 9.59 Å². The van der Waals surface area contributed by atoms with Crippen molar-refractivity contribution in [2.45, 2.75) is 6.42 Å². The number of ether oxygens (including phenoxy) is 2. The Morgan fingerprint density at radius 3 is 2.40 bits per heavy atom. The van der Waals surface area contributed by atoms with Crippen molar-refractivity contribution in [1.29, 1.82) is 0 Å². The fraction of sp³-hybridized carbons (Fsp3) is 0.429. The van der Waals surface area contributed by atoms with Crippen LogP contribution < -0.4 is 10.1 Å². The monoisotopic (exact) mass is 280 g/mol. The van der Waals surface area contributed by atoms with Crippen molar-refractivity contribution in [1.82, 2.24) is 4.90 Å². The Labute approximate surface area is 118 Å². The molecule has 6 heteroatoms. The summed E-state index contributed by atoms with van der Waals surface area (Å²) in [5.41, 5.74) is 0.706. The van der Waals surface area contributed by atoms with Crippen molar-refractivity contribution in [3.8, 4) is 5.75 Å². The summed E-state index contributed by atoms with van der Waals surface area (Å²) in [6.07, 6.45) is 0.267. The second-order valence-corrected chi connectivity index (χ2v) is 4.34. The van der Waals surface area contributed by atoms with Gasteiger partial charge in [-0.2, -0.15) is 0 Å². The molecule has 0 spiro atoms. The van der Waals surface area contributed by atoms with Crippen LogP contribution in [0.5, 0.6) is 5.75 Å². The third-order valence-electron chi connectivity index (χ3n) is 2.71. The topological polar surface area (TPSA) is 67.9 Å². The van der Waals surface area contributed by atoms with Gasteiger partial charge in [0, 0.05) is 12.2 Å². The van der Waals surface area contributed by atoms with Gasteiger partial charge in [-0.1, -0.05) is 0 Å². The molecule has 0 aliphatic carbocycles. The molecule has 0 heterocycles. The Morgan fingerprint density at radius 2 is 1.85 bits per heavy atom. The first-order chi connectivity index (χ1) is 9.55. The van der Waals surface area contributed by atoms with Crippen LogP contribution in [0.25, 0.3) is 0 Å². The van der Waals surface area contributed by atoms with E-state index in [1.54, 1.807) is 43.3 Å². The van der Waals surface area contributed by atoms with Crippen molar-refractivity contribution in [3.63, 3.8) is 0 Å². The lowest BCUT2D eigenvalue weighted by atomic mass is 10.3. The van der Waals surface area contributed by atoms with Crippen molar-refractivity contribution >= 4 is 17.6 Å². The molecule has 1 rings (SSSR count). The molecular weight excluding hydrogens is 260 g/mol. The minimum Gasteiger partial charge on any atom is -0.497 e. The zero-order valence-electron chi connectivity index (χ0n) is 12.0. The molecule has 6 nitrogen and oxygen atoms in total. The number of hydrogen-bond acceptors (Lipinski definition) is 5. The number of esters is 1. The molecule has 0 unspecified atom stereocenters. The van der Waals surface area contributed by atoms with E-state index in [4.69, 9.17) is 4.74 Å². The van der Waals surface area contributed by atoms with E-state index >= 15 is 0 Å². The molecule has 0 atom stereocenters. The standard InChI is InChI=1S/C14H20N2O4/c1-16(9-8-14(18)20-3)10-13(17)15-11-4-6-12(19-2)7-5-11/h4-7H,8-10H2,1-3H3,(H,15,17). The molecule has 20 heavy (non-hydrogen) atoms. The van der Waals surface area contributed by atoms with E-state index < -0.39 is 0 Å². The summed E-state index contributed by atoms with van der Waals surface area (Å²) >= 11 is 0. The van der Waals surface area contributed by atoms with Crippen LogP contribution in [0.3, 0.4) is 0 Å². The van der Waals surface area contributed by atoms with E-state index in [2.05, 4.69) is 10.1 Å². The van der Waals surface area contributed by atoms with Gasteiger partial charge < -0.3 is 14.8 Å². The summed E-state index contributed by atoms with van der Waals surface area (Å²) in [6, 6.07) is 7.09. The van der Waals surface area contributed by atoms with Crippen LogP contribution in [-0.2, 0) is 14.3 Å². The first-order valence-corrected chi connectivity index (χ1v) is 6.24. The quantitative estimate of drug-likeness (QED) is 0.758. The number of amides is 1. The van der Waals surface area contributed by atoms with Crippen LogP contribution in [0.4, 0.5) is 5.69 Å². The van der Waals surface area contributed by atoms with E-state index in [-0.39, 0.29) is 24.8 Å². The molecule has 1 N–H and O–H groups in total. The summed E-state index contributed by atoms with van der Waals surface area (Å²) in [7, 11) is 4.71. The number of benzene rings is 1. The summed E-state index contributed by atoms with van der Waals surface area (Å²) in [5.74, 6) is 0.313. The highest BCUT2D eigenvalue weighted by Crippen LogP contribution is 2.14. The van der Waals surface area contributed by atoms with Gasteiger partial charge in [-0.05, 0) is 31.3 Å². The maximum absolute atomic E-state index is 11.8. The van der Waals surface area contributed by atoms with E-state index in [0.717, 1.165) is 5.75 Å². The maximum Gasteiger partial charge on any atom is 0.306 e. The van der Waals surface area contributed by atoms with Crippen LogP contribution in [-0.4, -0.2) is 51.1 Å². The number of hydrogen-bond donors (Lipinski definition) is 1. The highest BCUT2D eigenvalue weighted by molar-refractivity contribution is 5.92. The molecule has 0 saturated carbocycles. The van der Waals surface area contributed by atoms with E-state index in [1.165, 1.54) is 7.11 Å². The smallest absolute Gasteiger partial charge is 0.306 e. The minimum atomic E-state index is -0.285. The van der Waals surface area contributed by atoms with Gasteiger partial charge in [0.1, 0.15) is 5.75 Å². The highest BCUT2D eigenvalue weighted by atomic mass is 16.5. The maximum atomic E-state index is 11.8. The van der Waals surface area contributed by atoms with Gasteiger partial charge in [-0.25, -0.2) is 0 Å². The normalized spacial score (nSPS) is 10.2. The average Bonchev–Trinajstić information content (AvgIpc) is 2.45. The molecule has 1 amide bonds. The zero-order valence-corrected chi connectivity index (χ0v) is 12.0. The van der Waals surface area contributed by atoms with E-state index in [1.807, 2.05) is 0 Å². The third kappa shape index (κ3) is 5.71. The predicted octanol–water partition coefficient (Wildman–Crippen LogP) is 1.13. The van der Waals surface area contributed by atoms with Crippen molar-refractivity contribution in [3.05, 3.63) is 24.3 Å². The van der Waals surface area contributed by atoms with Crippen molar-refractivity contribution in [2.24, 2.45) is 0 Å². The van der Waals surface area contributed by atoms with Gasteiger partial charge >= 0.3 is 5.97 Å². The fourth-order valence-corrected chi connectivity index (χ4v) is 1.58. The number of nitrogens with one attached hydrogen (secondary N) is 1. The van der Waals surface area contributed by atoms with E-state index in [0.29, 0.717) is 12.2 Å². The van der Waals surface area contributed by atoms with Crippen LogP contribution in [0.1, 0.15) is 6.42 Å². The summed E-state index contributed by atoms with van der Waals surface area (Å²) < 4.78 is 9.58. The molecule has 0 fully saturated rings. The Morgan fingerprint density at radius 1 is 1.20 bits per heavy atom. The first kappa shape index (κ1) is 16.0. The summed E-state index contributed by atoms with van der Waals surface area (Å²) in [5, 5.41) is 2.77. The van der Waals surface area contributed by atoms with Crippen LogP contribution >= 0.6 is 0 Å². The van der Waals surface area contributed by atoms with Crippen LogP contribution in [0.15, 0.2) is 24.3 Å². The molecule has 1 aromatic rings. The molecule has 1 aromatic carbocycles. The molecule has 110 valence electrons. The zero-order chi connectivity index (χ0) is 15.0. The number of nitrogens with zero attached hydrogens (tertiary/aromatic N) is 1.